The van der Waals surface area contributed by atoms with Gasteiger partial charge in [0.15, 0.2) is 0 Å². The average Bonchev–Trinajstić information content (AvgIpc) is 3.23. The molecule has 1 atom stereocenters. The van der Waals surface area contributed by atoms with Gasteiger partial charge in [0.05, 0.1) is 6.61 Å². The summed E-state index contributed by atoms with van der Waals surface area (Å²) >= 11 is 0. The Morgan fingerprint density at radius 3 is 2.74 bits per heavy atom. The molecule has 1 aromatic rings. The van der Waals surface area contributed by atoms with Crippen molar-refractivity contribution >= 4 is 5.69 Å². The van der Waals surface area contributed by atoms with Crippen LogP contribution in [0.2, 0.25) is 0 Å². The molecule has 106 valence electrons. The molecule has 1 aliphatic rings. The predicted octanol–water partition coefficient (Wildman–Crippen LogP) is 2.29. The lowest BCUT2D eigenvalue weighted by Crippen LogP contribution is -2.29. The Morgan fingerprint density at radius 2 is 2.21 bits per heavy atom. The Balaban J connectivity index is 2.16. The summed E-state index contributed by atoms with van der Waals surface area (Å²) in [5.74, 6) is 0.363. The highest BCUT2D eigenvalue weighted by atomic mass is 16.5. The highest BCUT2D eigenvalue weighted by Crippen LogP contribution is 2.35. The van der Waals surface area contributed by atoms with Crippen molar-refractivity contribution < 1.29 is 9.84 Å². The molecule has 0 saturated heterocycles. The molecule has 0 radical (unpaired) electrons. The number of rotatable bonds is 7. The van der Waals surface area contributed by atoms with Crippen molar-refractivity contribution in [2.75, 3.05) is 32.2 Å². The van der Waals surface area contributed by atoms with Gasteiger partial charge in [-0.05, 0) is 32.9 Å². The van der Waals surface area contributed by atoms with Crippen LogP contribution in [0.1, 0.15) is 31.4 Å². The molecule has 0 bridgehead atoms. The van der Waals surface area contributed by atoms with Gasteiger partial charge in [0.2, 0.25) is 0 Å². The third kappa shape index (κ3) is 3.39. The van der Waals surface area contributed by atoms with Gasteiger partial charge in [-0.15, -0.1) is 0 Å². The van der Waals surface area contributed by atoms with E-state index in [9.17, 15) is 5.11 Å². The van der Waals surface area contributed by atoms with Gasteiger partial charge in [0, 0.05) is 43.1 Å². The minimum Gasteiger partial charge on any atom is -0.508 e. The van der Waals surface area contributed by atoms with E-state index in [1.165, 1.54) is 12.8 Å². The highest BCUT2D eigenvalue weighted by molar-refractivity contribution is 5.55. The summed E-state index contributed by atoms with van der Waals surface area (Å²) in [7, 11) is 3.62. The van der Waals surface area contributed by atoms with Crippen molar-refractivity contribution in [1.82, 2.24) is 5.32 Å². The first-order chi connectivity index (χ1) is 9.17. The largest absolute Gasteiger partial charge is 0.508 e. The summed E-state index contributed by atoms with van der Waals surface area (Å²) in [5.41, 5.74) is 2.03. The number of hydrogen-bond donors (Lipinski definition) is 2. The normalized spacial score (nSPS) is 16.4. The minimum atomic E-state index is 0.155. The zero-order valence-corrected chi connectivity index (χ0v) is 12.0. The molecule has 1 aromatic carbocycles. The van der Waals surface area contributed by atoms with E-state index in [4.69, 9.17) is 4.74 Å². The molecule has 4 nitrogen and oxygen atoms in total. The van der Waals surface area contributed by atoms with Crippen molar-refractivity contribution in [2.24, 2.45) is 0 Å². The maximum atomic E-state index is 10.2. The lowest BCUT2D eigenvalue weighted by Gasteiger charge is -2.25. The number of hydrogen-bond acceptors (Lipinski definition) is 4. The lowest BCUT2D eigenvalue weighted by atomic mass is 10.1. The van der Waals surface area contributed by atoms with Crippen LogP contribution in [0.5, 0.6) is 5.75 Å². The van der Waals surface area contributed by atoms with Crippen LogP contribution in [0.25, 0.3) is 0 Å². The number of nitrogens with one attached hydrogen (secondary N) is 1. The van der Waals surface area contributed by atoms with Gasteiger partial charge in [-0.3, -0.25) is 0 Å². The van der Waals surface area contributed by atoms with Gasteiger partial charge in [0.25, 0.3) is 0 Å². The molecule has 1 fully saturated rings. The third-order valence-electron chi connectivity index (χ3n) is 3.77. The van der Waals surface area contributed by atoms with Crippen LogP contribution >= 0.6 is 0 Å². The second-order valence-corrected chi connectivity index (χ2v) is 5.17. The van der Waals surface area contributed by atoms with Gasteiger partial charge in [-0.25, -0.2) is 0 Å². The van der Waals surface area contributed by atoms with Crippen molar-refractivity contribution in [2.45, 2.75) is 31.8 Å². The van der Waals surface area contributed by atoms with E-state index >= 15 is 0 Å². The molecule has 0 spiro atoms. The minimum absolute atomic E-state index is 0.155. The molecule has 1 aliphatic carbocycles. The fourth-order valence-electron chi connectivity index (χ4n) is 2.33. The maximum Gasteiger partial charge on any atom is 0.122 e. The second kappa shape index (κ2) is 6.26. The summed E-state index contributed by atoms with van der Waals surface area (Å²) < 4.78 is 5.17. The summed E-state index contributed by atoms with van der Waals surface area (Å²) in [4.78, 5) is 2.33. The molecule has 0 aliphatic heterocycles. The predicted molar refractivity (Wildman–Crippen MR) is 77.8 cm³/mol. The summed E-state index contributed by atoms with van der Waals surface area (Å²) in [5, 5.41) is 13.3. The lowest BCUT2D eigenvalue weighted by molar-refractivity contribution is 0.205. The zero-order valence-electron chi connectivity index (χ0n) is 12.0. The fraction of sp³-hybridized carbons (Fsp3) is 0.600. The number of methoxy groups -OCH3 is 1. The van der Waals surface area contributed by atoms with E-state index in [1.54, 1.807) is 7.11 Å². The molecule has 4 heteroatoms. The number of nitrogens with zero attached hydrogens (tertiary/aromatic N) is 1. The van der Waals surface area contributed by atoms with Gasteiger partial charge in [-0.1, -0.05) is 6.07 Å². The van der Waals surface area contributed by atoms with E-state index in [2.05, 4.69) is 16.3 Å². The fourth-order valence-corrected chi connectivity index (χ4v) is 2.33. The highest BCUT2D eigenvalue weighted by Gasteiger charge is 2.29. The third-order valence-corrected chi connectivity index (χ3v) is 3.77. The Kier molecular flexibility index (Phi) is 4.66. The quantitative estimate of drug-likeness (QED) is 0.793. The Bertz CT molecular complexity index is 419. The monoisotopic (exact) mass is 264 g/mol. The van der Waals surface area contributed by atoms with Crippen molar-refractivity contribution in [3.05, 3.63) is 23.8 Å². The van der Waals surface area contributed by atoms with E-state index < -0.39 is 0 Å². The first-order valence-corrected chi connectivity index (χ1v) is 6.93. The van der Waals surface area contributed by atoms with E-state index in [0.29, 0.717) is 18.4 Å². The smallest absolute Gasteiger partial charge is 0.122 e. The van der Waals surface area contributed by atoms with Crippen LogP contribution in [-0.4, -0.2) is 38.5 Å². The van der Waals surface area contributed by atoms with Crippen molar-refractivity contribution in [1.29, 1.82) is 0 Å². The zero-order chi connectivity index (χ0) is 13.8. The van der Waals surface area contributed by atoms with Crippen molar-refractivity contribution in [3.8, 4) is 5.75 Å². The molecule has 0 heterocycles. The average molecular weight is 264 g/mol. The number of ether oxygens (including phenoxy) is 1. The van der Waals surface area contributed by atoms with Gasteiger partial charge >= 0.3 is 0 Å². The molecule has 0 amide bonds. The van der Waals surface area contributed by atoms with Crippen LogP contribution < -0.4 is 10.2 Å². The first-order valence-electron chi connectivity index (χ1n) is 6.93. The summed E-state index contributed by atoms with van der Waals surface area (Å²) in [6, 6.07) is 6.74. The first kappa shape index (κ1) is 14.2. The van der Waals surface area contributed by atoms with Crippen LogP contribution in [-0.2, 0) is 4.74 Å². The van der Waals surface area contributed by atoms with E-state index in [0.717, 1.165) is 17.8 Å². The Hall–Kier alpha value is -1.26. The topological polar surface area (TPSA) is 44.7 Å². The standard InChI is InChI=1S/C15H24N2O2/c1-11(16-2)14-7-6-13(10-15(14)18)17(8-9-19-3)12-4-5-12/h6-7,10-12,16,18H,4-5,8-9H2,1-3H3. The molecular formula is C15H24N2O2. The van der Waals surface area contributed by atoms with Gasteiger partial charge < -0.3 is 20.1 Å². The molecule has 1 unspecified atom stereocenters. The van der Waals surface area contributed by atoms with E-state index in [1.807, 2.05) is 26.1 Å². The second-order valence-electron chi connectivity index (χ2n) is 5.17. The summed E-state index contributed by atoms with van der Waals surface area (Å²) in [6.45, 7) is 3.63. The van der Waals surface area contributed by atoms with Crippen molar-refractivity contribution in [3.63, 3.8) is 0 Å². The number of benzene rings is 1. The van der Waals surface area contributed by atoms with Crippen LogP contribution in [0.4, 0.5) is 5.69 Å². The summed E-state index contributed by atoms with van der Waals surface area (Å²) in [6.07, 6.45) is 2.47. The molecule has 0 aromatic heterocycles. The van der Waals surface area contributed by atoms with Gasteiger partial charge in [-0.2, -0.15) is 0 Å². The van der Waals surface area contributed by atoms with E-state index in [-0.39, 0.29) is 6.04 Å². The molecule has 2 rings (SSSR count). The maximum absolute atomic E-state index is 10.2. The molecule has 19 heavy (non-hydrogen) atoms. The van der Waals surface area contributed by atoms with Crippen LogP contribution in [0.15, 0.2) is 18.2 Å². The molecule has 2 N–H and O–H groups in total. The van der Waals surface area contributed by atoms with Crippen LogP contribution in [0, 0.1) is 0 Å². The molecular weight excluding hydrogens is 240 g/mol. The number of phenolic OH excluding ortho intramolecular Hbond substituents is 1. The number of phenols is 1. The Labute approximate surface area is 115 Å². The SMILES string of the molecule is CNC(C)c1ccc(N(CCOC)C2CC2)cc1O. The Morgan fingerprint density at radius 1 is 1.47 bits per heavy atom. The molecule has 1 saturated carbocycles. The number of aromatic hydroxyl groups is 1. The number of anilines is 1. The van der Waals surface area contributed by atoms with Crippen LogP contribution in [0.3, 0.4) is 0 Å². The van der Waals surface area contributed by atoms with Gasteiger partial charge in [0.1, 0.15) is 5.75 Å².